The SMILES string of the molecule is NC(=O)c1cc(C(=O)Cl)on1. The highest BCUT2D eigenvalue weighted by atomic mass is 35.5. The van der Waals surface area contributed by atoms with Gasteiger partial charge in [0.2, 0.25) is 5.76 Å². The normalized spacial score (nSPS) is 9.55. The van der Waals surface area contributed by atoms with Crippen LogP contribution in [0, 0.1) is 0 Å². The second-order valence-corrected chi connectivity index (χ2v) is 2.06. The van der Waals surface area contributed by atoms with E-state index in [-0.39, 0.29) is 11.5 Å². The van der Waals surface area contributed by atoms with Gasteiger partial charge in [-0.3, -0.25) is 9.59 Å². The molecule has 1 aromatic rings. The first kappa shape index (κ1) is 7.74. The number of aromatic nitrogens is 1. The smallest absolute Gasteiger partial charge is 0.290 e. The number of primary amides is 1. The molecule has 0 aliphatic heterocycles. The first-order valence-corrected chi connectivity index (χ1v) is 2.95. The zero-order valence-electron chi connectivity index (χ0n) is 5.20. The predicted molar refractivity (Wildman–Crippen MR) is 35.2 cm³/mol. The first-order chi connectivity index (χ1) is 5.11. The average molecular weight is 175 g/mol. The lowest BCUT2D eigenvalue weighted by Gasteiger charge is -1.77. The molecule has 2 N–H and O–H groups in total. The fraction of sp³-hybridized carbons (Fsp3) is 0. The zero-order chi connectivity index (χ0) is 8.43. The Hall–Kier alpha value is -1.36. The highest BCUT2D eigenvalue weighted by Gasteiger charge is 2.12. The molecule has 0 aliphatic rings. The summed E-state index contributed by atoms with van der Waals surface area (Å²) in [5.74, 6) is -0.960. The number of amides is 1. The second kappa shape index (κ2) is 2.71. The lowest BCUT2D eigenvalue weighted by atomic mass is 10.4. The molecule has 0 saturated heterocycles. The van der Waals surface area contributed by atoms with Crippen molar-refractivity contribution in [2.24, 2.45) is 5.73 Å². The van der Waals surface area contributed by atoms with E-state index in [0.717, 1.165) is 6.07 Å². The fourth-order valence-corrected chi connectivity index (χ4v) is 0.573. The summed E-state index contributed by atoms with van der Waals surface area (Å²) < 4.78 is 4.36. The number of rotatable bonds is 2. The van der Waals surface area contributed by atoms with Crippen LogP contribution in [0.25, 0.3) is 0 Å². The third kappa shape index (κ3) is 1.56. The molecule has 58 valence electrons. The summed E-state index contributed by atoms with van der Waals surface area (Å²) in [7, 11) is 0. The summed E-state index contributed by atoms with van der Waals surface area (Å²) in [5, 5.41) is 2.37. The van der Waals surface area contributed by atoms with Crippen LogP contribution in [0.15, 0.2) is 10.6 Å². The largest absolute Gasteiger partial charge is 0.364 e. The highest BCUT2D eigenvalue weighted by molar-refractivity contribution is 6.67. The van der Waals surface area contributed by atoms with Crippen LogP contribution in [0.1, 0.15) is 21.0 Å². The molecular formula is C5H3ClN2O3. The molecule has 0 saturated carbocycles. The first-order valence-electron chi connectivity index (χ1n) is 2.57. The maximum Gasteiger partial charge on any atom is 0.290 e. The third-order valence-electron chi connectivity index (χ3n) is 0.956. The number of carbonyl (C=O) groups excluding carboxylic acids is 2. The van der Waals surface area contributed by atoms with Gasteiger partial charge in [-0.15, -0.1) is 0 Å². The molecule has 0 atom stereocenters. The highest BCUT2D eigenvalue weighted by Crippen LogP contribution is 2.05. The minimum Gasteiger partial charge on any atom is -0.364 e. The van der Waals surface area contributed by atoms with Crippen LogP contribution in [0.4, 0.5) is 0 Å². The van der Waals surface area contributed by atoms with Crippen molar-refractivity contribution in [3.8, 4) is 0 Å². The van der Waals surface area contributed by atoms with Crippen molar-refractivity contribution in [3.05, 3.63) is 17.5 Å². The van der Waals surface area contributed by atoms with Gasteiger partial charge in [-0.25, -0.2) is 0 Å². The van der Waals surface area contributed by atoms with E-state index in [1.807, 2.05) is 0 Å². The van der Waals surface area contributed by atoms with Crippen molar-refractivity contribution in [2.45, 2.75) is 0 Å². The number of hydrogen-bond donors (Lipinski definition) is 1. The summed E-state index contributed by atoms with van der Waals surface area (Å²) >= 11 is 5.00. The van der Waals surface area contributed by atoms with Gasteiger partial charge in [0, 0.05) is 6.07 Å². The third-order valence-corrected chi connectivity index (χ3v) is 1.14. The Bertz CT molecular complexity index is 278. The topological polar surface area (TPSA) is 86.2 Å². The number of halogens is 1. The van der Waals surface area contributed by atoms with Gasteiger partial charge >= 0.3 is 0 Å². The maximum atomic E-state index is 10.4. The van der Waals surface area contributed by atoms with Crippen molar-refractivity contribution >= 4 is 22.8 Å². The van der Waals surface area contributed by atoms with Crippen LogP contribution < -0.4 is 5.73 Å². The molecule has 1 rings (SSSR count). The van der Waals surface area contributed by atoms with E-state index in [0.29, 0.717) is 0 Å². The predicted octanol–water partition coefficient (Wildman–Crippen LogP) is 0.153. The Labute approximate surface area is 66.1 Å². The number of hydrogen-bond acceptors (Lipinski definition) is 4. The molecule has 0 radical (unpaired) electrons. The van der Waals surface area contributed by atoms with Gasteiger partial charge in [-0.1, -0.05) is 5.16 Å². The van der Waals surface area contributed by atoms with E-state index in [4.69, 9.17) is 17.3 Å². The van der Waals surface area contributed by atoms with E-state index < -0.39 is 11.1 Å². The van der Waals surface area contributed by atoms with Gasteiger partial charge in [0.15, 0.2) is 5.69 Å². The number of carbonyl (C=O) groups is 2. The van der Waals surface area contributed by atoms with Gasteiger partial charge in [0.25, 0.3) is 11.1 Å². The van der Waals surface area contributed by atoms with Gasteiger partial charge < -0.3 is 10.3 Å². The monoisotopic (exact) mass is 174 g/mol. The molecule has 5 nitrogen and oxygen atoms in total. The van der Waals surface area contributed by atoms with Gasteiger partial charge in [0.05, 0.1) is 0 Å². The maximum absolute atomic E-state index is 10.4. The van der Waals surface area contributed by atoms with Crippen LogP contribution >= 0.6 is 11.6 Å². The summed E-state index contributed by atoms with van der Waals surface area (Å²) in [6.07, 6.45) is 0. The van der Waals surface area contributed by atoms with Crippen LogP contribution in [0.2, 0.25) is 0 Å². The van der Waals surface area contributed by atoms with E-state index in [1.165, 1.54) is 0 Å². The van der Waals surface area contributed by atoms with Crippen molar-refractivity contribution in [1.29, 1.82) is 0 Å². The number of nitrogens with zero attached hydrogens (tertiary/aromatic N) is 1. The Morgan fingerprint density at radius 1 is 1.64 bits per heavy atom. The molecule has 0 fully saturated rings. The van der Waals surface area contributed by atoms with E-state index in [9.17, 15) is 9.59 Å². The molecule has 1 aromatic heterocycles. The minimum atomic E-state index is -0.815. The quantitative estimate of drug-likeness (QED) is 0.647. The number of nitrogens with two attached hydrogens (primary N) is 1. The standard InChI is InChI=1S/C5H3ClN2O3/c6-4(9)3-1-2(5(7)10)8-11-3/h1H,(H2,7,10). The van der Waals surface area contributed by atoms with E-state index >= 15 is 0 Å². The summed E-state index contributed by atoms with van der Waals surface area (Å²) in [6, 6.07) is 1.08. The molecule has 0 unspecified atom stereocenters. The van der Waals surface area contributed by atoms with Crippen LogP contribution in [0.5, 0.6) is 0 Å². The second-order valence-electron chi connectivity index (χ2n) is 1.71. The minimum absolute atomic E-state index is 0.117. The summed E-state index contributed by atoms with van der Waals surface area (Å²) in [4.78, 5) is 20.7. The van der Waals surface area contributed by atoms with Crippen molar-refractivity contribution in [1.82, 2.24) is 5.16 Å². The van der Waals surface area contributed by atoms with Gasteiger partial charge in [-0.2, -0.15) is 0 Å². The fourth-order valence-electron chi connectivity index (χ4n) is 0.484. The molecule has 1 heterocycles. The summed E-state index contributed by atoms with van der Waals surface area (Å²) in [6.45, 7) is 0. The molecule has 0 bridgehead atoms. The van der Waals surface area contributed by atoms with E-state index in [2.05, 4.69) is 9.68 Å². The Morgan fingerprint density at radius 2 is 2.27 bits per heavy atom. The lowest BCUT2D eigenvalue weighted by Crippen LogP contribution is -2.10. The Morgan fingerprint density at radius 3 is 2.55 bits per heavy atom. The lowest BCUT2D eigenvalue weighted by molar-refractivity contribution is 0.0987. The van der Waals surface area contributed by atoms with Crippen molar-refractivity contribution < 1.29 is 14.1 Å². The van der Waals surface area contributed by atoms with Gasteiger partial charge in [-0.05, 0) is 11.6 Å². The molecule has 1 amide bonds. The molecular weight excluding hydrogens is 172 g/mol. The molecule has 6 heteroatoms. The van der Waals surface area contributed by atoms with Crippen LogP contribution in [-0.2, 0) is 0 Å². The Balaban J connectivity index is 2.99. The molecule has 0 spiro atoms. The van der Waals surface area contributed by atoms with Crippen LogP contribution in [-0.4, -0.2) is 16.3 Å². The molecule has 0 aromatic carbocycles. The average Bonchev–Trinajstić information content (AvgIpc) is 2.33. The zero-order valence-corrected chi connectivity index (χ0v) is 5.96. The van der Waals surface area contributed by atoms with Crippen molar-refractivity contribution in [3.63, 3.8) is 0 Å². The van der Waals surface area contributed by atoms with Crippen LogP contribution in [0.3, 0.4) is 0 Å². The Kier molecular flexibility index (Phi) is 1.91. The molecule has 0 aliphatic carbocycles. The van der Waals surface area contributed by atoms with Gasteiger partial charge in [0.1, 0.15) is 0 Å². The summed E-state index contributed by atoms with van der Waals surface area (Å²) in [5.41, 5.74) is 4.69. The van der Waals surface area contributed by atoms with Crippen molar-refractivity contribution in [2.75, 3.05) is 0 Å². The molecule has 11 heavy (non-hydrogen) atoms. The van der Waals surface area contributed by atoms with E-state index in [1.54, 1.807) is 0 Å².